The number of aromatic nitrogens is 1. The van der Waals surface area contributed by atoms with Crippen molar-refractivity contribution >= 4 is 0 Å². The molecule has 1 aliphatic rings. The maximum Gasteiger partial charge on any atom is 0.124 e. The molecule has 0 amide bonds. The first-order valence-electron chi connectivity index (χ1n) is 5.97. The molecule has 0 bridgehead atoms. The number of benzene rings is 1. The van der Waals surface area contributed by atoms with E-state index >= 15 is 0 Å². The van der Waals surface area contributed by atoms with Crippen molar-refractivity contribution in [3.05, 3.63) is 53.9 Å². The lowest BCUT2D eigenvalue weighted by molar-refractivity contribution is -0.0219. The van der Waals surface area contributed by atoms with Crippen LogP contribution in [-0.4, -0.2) is 11.3 Å². The largest absolute Gasteiger partial charge is 0.373 e. The van der Waals surface area contributed by atoms with Gasteiger partial charge in [0.1, 0.15) is 6.26 Å². The molecule has 1 fully saturated rings. The fourth-order valence-corrected chi connectivity index (χ4v) is 2.16. The Morgan fingerprint density at radius 3 is 2.71 bits per heavy atom. The van der Waals surface area contributed by atoms with Gasteiger partial charge < -0.3 is 9.26 Å². The highest BCUT2D eigenvalue weighted by molar-refractivity contribution is 5.14. The zero-order valence-corrected chi connectivity index (χ0v) is 9.58. The summed E-state index contributed by atoms with van der Waals surface area (Å²) in [6.07, 6.45) is 4.11. The number of ether oxygens (including phenoxy) is 1. The molecule has 3 heteroatoms. The lowest BCUT2D eigenvalue weighted by Gasteiger charge is -2.33. The molecule has 2 aromatic rings. The zero-order valence-electron chi connectivity index (χ0n) is 9.58. The molecular weight excluding hydrogens is 214 g/mol. The van der Waals surface area contributed by atoms with Crippen LogP contribution in [0.4, 0.5) is 0 Å². The summed E-state index contributed by atoms with van der Waals surface area (Å²) in [5, 5.41) is 3.96. The zero-order chi connectivity index (χ0) is 11.5. The third-order valence-electron chi connectivity index (χ3n) is 3.30. The van der Waals surface area contributed by atoms with Gasteiger partial charge in [0.25, 0.3) is 0 Å². The third kappa shape index (κ3) is 2.39. The molecule has 1 aromatic heterocycles. The lowest BCUT2D eigenvalue weighted by atomic mass is 9.80. The Hall–Kier alpha value is -1.61. The van der Waals surface area contributed by atoms with E-state index in [1.54, 1.807) is 6.26 Å². The predicted molar refractivity (Wildman–Crippen MR) is 63.5 cm³/mol. The summed E-state index contributed by atoms with van der Waals surface area (Å²) in [5.41, 5.74) is 2.29. The second-order valence-corrected chi connectivity index (χ2v) is 4.51. The summed E-state index contributed by atoms with van der Waals surface area (Å²) in [6.45, 7) is 0.705. The maximum atomic E-state index is 5.83. The van der Waals surface area contributed by atoms with Crippen molar-refractivity contribution in [3.63, 3.8) is 0 Å². The van der Waals surface area contributed by atoms with Gasteiger partial charge in [0.2, 0.25) is 0 Å². The summed E-state index contributed by atoms with van der Waals surface area (Å²) in [5.74, 6) is 0.523. The van der Waals surface area contributed by atoms with Crippen molar-refractivity contribution < 1.29 is 9.26 Å². The molecule has 0 saturated heterocycles. The second-order valence-electron chi connectivity index (χ2n) is 4.51. The number of rotatable bonds is 4. The molecule has 1 aliphatic carbocycles. The first-order chi connectivity index (χ1) is 8.42. The molecule has 17 heavy (non-hydrogen) atoms. The Kier molecular flexibility index (Phi) is 2.92. The van der Waals surface area contributed by atoms with Crippen LogP contribution in [0.15, 0.2) is 47.2 Å². The van der Waals surface area contributed by atoms with Crippen molar-refractivity contribution in [3.8, 4) is 0 Å². The molecule has 0 N–H and O–H groups in total. The SMILES string of the molecule is c1ccc(COC2CC(c3ccon3)C2)cc1. The van der Waals surface area contributed by atoms with Crippen LogP contribution < -0.4 is 0 Å². The van der Waals surface area contributed by atoms with Gasteiger partial charge in [0.15, 0.2) is 0 Å². The van der Waals surface area contributed by atoms with Crippen LogP contribution in [0, 0.1) is 0 Å². The van der Waals surface area contributed by atoms with Crippen LogP contribution in [0.1, 0.15) is 30.0 Å². The Morgan fingerprint density at radius 1 is 1.18 bits per heavy atom. The molecule has 0 radical (unpaired) electrons. The number of hydrogen-bond donors (Lipinski definition) is 0. The topological polar surface area (TPSA) is 35.3 Å². The molecule has 0 aliphatic heterocycles. The first-order valence-corrected chi connectivity index (χ1v) is 5.97. The van der Waals surface area contributed by atoms with Crippen LogP contribution in [0.3, 0.4) is 0 Å². The summed E-state index contributed by atoms with van der Waals surface area (Å²) < 4.78 is 10.7. The minimum Gasteiger partial charge on any atom is -0.373 e. The van der Waals surface area contributed by atoms with Crippen LogP contribution >= 0.6 is 0 Å². The van der Waals surface area contributed by atoms with Crippen molar-refractivity contribution in [2.75, 3.05) is 0 Å². The van der Waals surface area contributed by atoms with Crippen molar-refractivity contribution in [2.45, 2.75) is 31.5 Å². The molecule has 1 aromatic carbocycles. The van der Waals surface area contributed by atoms with Gasteiger partial charge in [0.05, 0.1) is 18.4 Å². The second kappa shape index (κ2) is 4.72. The molecular formula is C14H15NO2. The van der Waals surface area contributed by atoms with E-state index in [-0.39, 0.29) is 0 Å². The fourth-order valence-electron chi connectivity index (χ4n) is 2.16. The van der Waals surface area contributed by atoms with Crippen LogP contribution in [0.5, 0.6) is 0 Å². The smallest absolute Gasteiger partial charge is 0.124 e. The monoisotopic (exact) mass is 229 g/mol. The summed E-state index contributed by atoms with van der Waals surface area (Å²) in [7, 11) is 0. The predicted octanol–water partition coefficient (Wildman–Crippen LogP) is 3.14. The summed E-state index contributed by atoms with van der Waals surface area (Å²) in [6, 6.07) is 12.2. The lowest BCUT2D eigenvalue weighted by Crippen LogP contribution is -2.29. The van der Waals surface area contributed by atoms with Crippen LogP contribution in [-0.2, 0) is 11.3 Å². The Bertz CT molecular complexity index is 446. The minimum atomic E-state index is 0.372. The molecule has 0 unspecified atom stereocenters. The van der Waals surface area contributed by atoms with Gasteiger partial charge in [-0.15, -0.1) is 0 Å². The highest BCUT2D eigenvalue weighted by Gasteiger charge is 2.32. The standard InChI is InChI=1S/C14H15NO2/c1-2-4-11(5-3-1)10-16-13-8-12(9-13)14-6-7-17-15-14/h1-7,12-13H,8-10H2. The van der Waals surface area contributed by atoms with E-state index in [1.165, 1.54) is 5.56 Å². The molecule has 0 spiro atoms. The van der Waals surface area contributed by atoms with Gasteiger partial charge in [0, 0.05) is 12.0 Å². The maximum absolute atomic E-state index is 5.83. The summed E-state index contributed by atoms with van der Waals surface area (Å²) in [4.78, 5) is 0. The molecule has 88 valence electrons. The average molecular weight is 229 g/mol. The van der Waals surface area contributed by atoms with E-state index in [1.807, 2.05) is 24.3 Å². The Morgan fingerprint density at radius 2 is 2.00 bits per heavy atom. The molecule has 0 atom stereocenters. The first kappa shape index (κ1) is 10.5. The van der Waals surface area contributed by atoms with Gasteiger partial charge in [-0.1, -0.05) is 35.5 Å². The Labute approximate surface area is 100 Å². The van der Waals surface area contributed by atoms with Gasteiger partial charge in [-0.3, -0.25) is 0 Å². The normalized spacial score (nSPS) is 23.3. The highest BCUT2D eigenvalue weighted by atomic mass is 16.5. The molecule has 3 rings (SSSR count). The number of nitrogens with zero attached hydrogens (tertiary/aromatic N) is 1. The average Bonchev–Trinajstić information content (AvgIpc) is 2.82. The van der Waals surface area contributed by atoms with Gasteiger partial charge in [-0.25, -0.2) is 0 Å². The van der Waals surface area contributed by atoms with Crippen LogP contribution in [0.2, 0.25) is 0 Å². The number of hydrogen-bond acceptors (Lipinski definition) is 3. The van der Waals surface area contributed by atoms with E-state index in [0.29, 0.717) is 18.6 Å². The van der Waals surface area contributed by atoms with Crippen molar-refractivity contribution in [2.24, 2.45) is 0 Å². The van der Waals surface area contributed by atoms with E-state index in [0.717, 1.165) is 18.5 Å². The molecule has 1 heterocycles. The highest BCUT2D eigenvalue weighted by Crippen LogP contribution is 2.38. The van der Waals surface area contributed by atoms with Gasteiger partial charge in [-0.2, -0.15) is 0 Å². The Balaban J connectivity index is 1.45. The van der Waals surface area contributed by atoms with Gasteiger partial charge in [-0.05, 0) is 18.4 Å². The van der Waals surface area contributed by atoms with Crippen molar-refractivity contribution in [1.82, 2.24) is 5.16 Å². The third-order valence-corrected chi connectivity index (χ3v) is 3.30. The van der Waals surface area contributed by atoms with Crippen molar-refractivity contribution in [1.29, 1.82) is 0 Å². The molecule has 3 nitrogen and oxygen atoms in total. The van der Waals surface area contributed by atoms with Gasteiger partial charge >= 0.3 is 0 Å². The van der Waals surface area contributed by atoms with Crippen LogP contribution in [0.25, 0.3) is 0 Å². The fraction of sp³-hybridized carbons (Fsp3) is 0.357. The molecule has 1 saturated carbocycles. The van der Waals surface area contributed by atoms with E-state index in [4.69, 9.17) is 9.26 Å². The quantitative estimate of drug-likeness (QED) is 0.807. The van der Waals surface area contributed by atoms with E-state index < -0.39 is 0 Å². The minimum absolute atomic E-state index is 0.372. The van der Waals surface area contributed by atoms with E-state index in [2.05, 4.69) is 17.3 Å². The van der Waals surface area contributed by atoms with E-state index in [9.17, 15) is 0 Å². The summed E-state index contributed by atoms with van der Waals surface area (Å²) >= 11 is 0.